The summed E-state index contributed by atoms with van der Waals surface area (Å²) in [6.07, 6.45) is 0. The van der Waals surface area contributed by atoms with Crippen molar-refractivity contribution in [1.82, 2.24) is 0 Å². The van der Waals surface area contributed by atoms with E-state index in [2.05, 4.69) is 4.72 Å². The number of hydrogen-bond donors (Lipinski definition) is 1. The predicted molar refractivity (Wildman–Crippen MR) is 80.8 cm³/mol. The van der Waals surface area contributed by atoms with Crippen molar-refractivity contribution in [2.75, 3.05) is 9.93 Å². The summed E-state index contributed by atoms with van der Waals surface area (Å²) in [7, 11) is -3.63. The molecule has 0 aliphatic carbocycles. The minimum Gasteiger partial charge on any atom is -0.283 e. The topological polar surface area (TPSA) is 46.2 Å². The van der Waals surface area contributed by atoms with E-state index in [1.165, 1.54) is 24.3 Å². The highest BCUT2D eigenvalue weighted by molar-refractivity contribution is 8.03. The highest BCUT2D eigenvalue weighted by atomic mass is 35.5. The van der Waals surface area contributed by atoms with Crippen LogP contribution >= 0.6 is 58.2 Å². The van der Waals surface area contributed by atoms with Crippen LogP contribution in [-0.4, -0.2) is 22.7 Å². The van der Waals surface area contributed by atoms with Gasteiger partial charge in [0.15, 0.2) is 0 Å². The van der Waals surface area contributed by atoms with E-state index in [-0.39, 0.29) is 10.6 Å². The monoisotopic (exact) mass is 403 g/mol. The molecule has 1 aromatic carbocycles. The van der Waals surface area contributed by atoms with Gasteiger partial charge in [0.25, 0.3) is 0 Å². The van der Waals surface area contributed by atoms with Crippen LogP contribution in [0.5, 0.6) is 0 Å². The first-order chi connectivity index (χ1) is 8.97. The summed E-state index contributed by atoms with van der Waals surface area (Å²) in [5.41, 5.74) is 0.224. The van der Waals surface area contributed by atoms with E-state index in [0.717, 1.165) is 0 Å². The normalized spacial score (nSPS) is 13.3. The number of alkyl halides is 6. The van der Waals surface area contributed by atoms with Gasteiger partial charge in [0, 0.05) is 10.6 Å². The number of rotatable bonds is 6. The van der Waals surface area contributed by atoms with E-state index in [0.29, 0.717) is 11.8 Å². The molecular formula is C9H7Cl4F2NO2S2. The fraction of sp³-hybridized carbons (Fsp3) is 0.333. The summed E-state index contributed by atoms with van der Waals surface area (Å²) < 4.78 is 47.9. The van der Waals surface area contributed by atoms with Crippen molar-refractivity contribution < 1.29 is 17.2 Å². The molecule has 114 valence electrons. The van der Waals surface area contributed by atoms with Gasteiger partial charge in [0.1, 0.15) is 5.21 Å². The zero-order chi connectivity index (χ0) is 15.6. The fourth-order valence-electron chi connectivity index (χ4n) is 1.00. The van der Waals surface area contributed by atoms with Gasteiger partial charge in [-0.15, -0.1) is 11.6 Å². The largest absolute Gasteiger partial charge is 0.363 e. The lowest BCUT2D eigenvalue weighted by Crippen LogP contribution is -2.29. The van der Waals surface area contributed by atoms with Crippen LogP contribution in [0, 0.1) is 0 Å². The molecule has 0 saturated carbocycles. The molecule has 1 rings (SSSR count). The Morgan fingerprint density at radius 2 is 1.65 bits per heavy atom. The Morgan fingerprint density at radius 3 is 2.05 bits per heavy atom. The van der Waals surface area contributed by atoms with Crippen molar-refractivity contribution >= 4 is 73.9 Å². The molecule has 0 amide bonds. The van der Waals surface area contributed by atoms with Crippen LogP contribution in [0.1, 0.15) is 0 Å². The lowest BCUT2D eigenvalue weighted by Gasteiger charge is -2.23. The third-order valence-electron chi connectivity index (χ3n) is 1.85. The van der Waals surface area contributed by atoms with Gasteiger partial charge in [-0.05, 0) is 35.9 Å². The summed E-state index contributed by atoms with van der Waals surface area (Å²) in [6, 6.07) is 5.42. The van der Waals surface area contributed by atoms with Gasteiger partial charge in [0.05, 0.1) is 0 Å². The maximum Gasteiger partial charge on any atom is 0.363 e. The number of hydrogen-bond acceptors (Lipinski definition) is 3. The summed E-state index contributed by atoms with van der Waals surface area (Å²) in [4.78, 5) is 0.282. The van der Waals surface area contributed by atoms with Gasteiger partial charge in [-0.2, -0.15) is 8.78 Å². The Kier molecular flexibility index (Phi) is 6.09. The van der Waals surface area contributed by atoms with E-state index < -0.39 is 24.3 Å². The van der Waals surface area contributed by atoms with Crippen LogP contribution in [0.4, 0.5) is 14.5 Å². The second kappa shape index (κ2) is 6.62. The average Bonchev–Trinajstić information content (AvgIpc) is 2.29. The van der Waals surface area contributed by atoms with Crippen LogP contribution in [-0.2, 0) is 10.0 Å². The van der Waals surface area contributed by atoms with Crippen molar-refractivity contribution in [3.8, 4) is 0 Å². The first-order valence-electron chi connectivity index (χ1n) is 4.77. The van der Waals surface area contributed by atoms with Crippen LogP contribution < -0.4 is 4.72 Å². The number of benzene rings is 1. The van der Waals surface area contributed by atoms with Crippen LogP contribution in [0.15, 0.2) is 29.2 Å². The molecule has 0 unspecified atom stereocenters. The van der Waals surface area contributed by atoms with Gasteiger partial charge in [-0.3, -0.25) is 4.72 Å². The van der Waals surface area contributed by atoms with Crippen molar-refractivity contribution in [3.05, 3.63) is 24.3 Å². The van der Waals surface area contributed by atoms with E-state index in [1.807, 2.05) is 0 Å². The standard InChI is InChI=1S/C9H7Cl4F2NO2S2/c10-5-20(17,18)16-6-1-3-7(4-2-6)19-8(11,12)9(13,14)15/h1-4,16H,5H2. The van der Waals surface area contributed by atoms with Crippen molar-refractivity contribution in [2.24, 2.45) is 0 Å². The molecule has 3 nitrogen and oxygen atoms in total. The molecule has 0 aliphatic heterocycles. The number of thioether (sulfide) groups is 1. The molecule has 0 radical (unpaired) electrons. The molecule has 0 bridgehead atoms. The Bertz CT molecular complexity index is 560. The molecule has 0 saturated heterocycles. The van der Waals surface area contributed by atoms with Crippen LogP contribution in [0.25, 0.3) is 0 Å². The third kappa shape index (κ3) is 5.27. The fourth-order valence-corrected chi connectivity index (χ4v) is 3.05. The first kappa shape index (κ1) is 18.4. The average molecular weight is 405 g/mol. The molecule has 0 aliphatic rings. The minimum atomic E-state index is -3.83. The lowest BCUT2D eigenvalue weighted by molar-refractivity contribution is 0.103. The summed E-state index contributed by atoms with van der Waals surface area (Å²) in [6.45, 7) is 0. The summed E-state index contributed by atoms with van der Waals surface area (Å²) >= 11 is 21.3. The molecule has 0 spiro atoms. The van der Waals surface area contributed by atoms with Crippen molar-refractivity contribution in [1.29, 1.82) is 0 Å². The minimum absolute atomic E-state index is 0.224. The smallest absolute Gasteiger partial charge is 0.283 e. The first-order valence-corrected chi connectivity index (χ1v) is 8.91. The molecule has 11 heteroatoms. The van der Waals surface area contributed by atoms with Crippen LogP contribution in [0.2, 0.25) is 0 Å². The zero-order valence-electron chi connectivity index (χ0n) is 9.42. The highest BCUT2D eigenvalue weighted by Gasteiger charge is 2.51. The maximum atomic E-state index is 12.9. The Hall–Kier alpha value is 0.340. The number of sulfonamides is 1. The van der Waals surface area contributed by atoms with Gasteiger partial charge >= 0.3 is 5.38 Å². The maximum absolute atomic E-state index is 12.9. The molecule has 1 N–H and O–H groups in total. The van der Waals surface area contributed by atoms with Crippen molar-refractivity contribution in [3.63, 3.8) is 0 Å². The number of halogens is 6. The molecule has 1 aromatic rings. The van der Waals surface area contributed by atoms with E-state index >= 15 is 0 Å². The second-order valence-electron chi connectivity index (χ2n) is 3.47. The van der Waals surface area contributed by atoms with Gasteiger partial charge in [-0.1, -0.05) is 35.0 Å². The summed E-state index contributed by atoms with van der Waals surface area (Å²) in [5, 5.41) is -4.44. The quantitative estimate of drug-likeness (QED) is 0.553. The lowest BCUT2D eigenvalue weighted by atomic mass is 10.3. The van der Waals surface area contributed by atoms with Gasteiger partial charge in [0.2, 0.25) is 13.7 Å². The van der Waals surface area contributed by atoms with Gasteiger partial charge in [-0.25, -0.2) is 8.42 Å². The summed E-state index contributed by atoms with van der Waals surface area (Å²) in [5.74, 6) is 0. The Labute approximate surface area is 139 Å². The Balaban J connectivity index is 2.83. The molecular weight excluding hydrogens is 398 g/mol. The highest BCUT2D eigenvalue weighted by Crippen LogP contribution is 2.52. The molecule has 0 atom stereocenters. The molecule has 0 aromatic heterocycles. The second-order valence-corrected chi connectivity index (χ2v) is 9.31. The van der Waals surface area contributed by atoms with E-state index in [9.17, 15) is 17.2 Å². The van der Waals surface area contributed by atoms with Crippen LogP contribution in [0.3, 0.4) is 0 Å². The predicted octanol–water partition coefficient (Wildman–Crippen LogP) is 4.68. The van der Waals surface area contributed by atoms with Crippen molar-refractivity contribution in [2.45, 2.75) is 13.9 Å². The number of anilines is 1. The van der Waals surface area contributed by atoms with Gasteiger partial charge < -0.3 is 0 Å². The van der Waals surface area contributed by atoms with E-state index in [1.54, 1.807) is 0 Å². The Morgan fingerprint density at radius 1 is 1.15 bits per heavy atom. The molecule has 0 fully saturated rings. The third-order valence-corrected chi connectivity index (χ3v) is 6.09. The SMILES string of the molecule is O=S(=O)(CCl)Nc1ccc(SC(Cl)(Cl)C(F)(F)Cl)cc1. The number of nitrogens with one attached hydrogen (secondary N) is 1. The van der Waals surface area contributed by atoms with E-state index in [4.69, 9.17) is 46.4 Å². The zero-order valence-corrected chi connectivity index (χ0v) is 14.1. The molecule has 20 heavy (non-hydrogen) atoms. The molecule has 0 heterocycles.